The molecule has 0 saturated carbocycles. The summed E-state index contributed by atoms with van der Waals surface area (Å²) in [6.07, 6.45) is 0. The van der Waals surface area contributed by atoms with E-state index in [1.807, 2.05) is 30.7 Å². The Morgan fingerprint density at radius 1 is 1.33 bits per heavy atom. The van der Waals surface area contributed by atoms with Crippen LogP contribution in [-0.4, -0.2) is 19.7 Å². The highest BCUT2D eigenvalue weighted by Gasteiger charge is 2.07. The highest BCUT2D eigenvalue weighted by Crippen LogP contribution is 2.24. The van der Waals surface area contributed by atoms with Crippen LogP contribution in [0.2, 0.25) is 0 Å². The van der Waals surface area contributed by atoms with E-state index in [1.165, 1.54) is 11.8 Å². The third kappa shape index (κ3) is 2.10. The molecule has 0 fully saturated rings. The van der Waals surface area contributed by atoms with Crippen molar-refractivity contribution < 1.29 is 0 Å². The number of hydrogen-bond donors (Lipinski definition) is 1. The molecule has 0 spiro atoms. The van der Waals surface area contributed by atoms with Crippen molar-refractivity contribution in [3.8, 4) is 0 Å². The van der Waals surface area contributed by atoms with E-state index in [0.29, 0.717) is 5.82 Å². The fourth-order valence-corrected chi connectivity index (χ4v) is 1.89. The zero-order chi connectivity index (χ0) is 10.8. The fraction of sp³-hybridized carbons (Fsp3) is 0.222. The summed E-state index contributed by atoms with van der Waals surface area (Å²) in [4.78, 5) is 4.18. The standard InChI is InChI=1S/C9H11N5S/c1-6-12-13-9(14(6)2)15-8-5-3-4-7(10)11-8/h3-5H,1-2H3,(H2,10,11). The van der Waals surface area contributed by atoms with Crippen LogP contribution in [0.5, 0.6) is 0 Å². The van der Waals surface area contributed by atoms with Crippen molar-refractivity contribution in [1.29, 1.82) is 0 Å². The van der Waals surface area contributed by atoms with Crippen molar-refractivity contribution in [2.24, 2.45) is 7.05 Å². The molecule has 0 bridgehead atoms. The molecular formula is C9H11N5S. The van der Waals surface area contributed by atoms with Gasteiger partial charge in [-0.3, -0.25) is 0 Å². The second kappa shape index (κ2) is 3.90. The maximum Gasteiger partial charge on any atom is 0.197 e. The zero-order valence-electron chi connectivity index (χ0n) is 8.51. The van der Waals surface area contributed by atoms with E-state index in [1.54, 1.807) is 6.07 Å². The summed E-state index contributed by atoms with van der Waals surface area (Å²) >= 11 is 1.45. The summed E-state index contributed by atoms with van der Waals surface area (Å²) in [7, 11) is 1.92. The SMILES string of the molecule is Cc1nnc(Sc2cccc(N)n2)n1C. The molecule has 2 aromatic rings. The minimum Gasteiger partial charge on any atom is -0.384 e. The Balaban J connectivity index is 2.26. The van der Waals surface area contributed by atoms with Crippen LogP contribution in [0.15, 0.2) is 28.4 Å². The molecule has 0 amide bonds. The highest BCUT2D eigenvalue weighted by molar-refractivity contribution is 7.99. The van der Waals surface area contributed by atoms with Crippen LogP contribution in [0.1, 0.15) is 5.82 Å². The summed E-state index contributed by atoms with van der Waals surface area (Å²) in [6, 6.07) is 5.52. The Kier molecular flexibility index (Phi) is 2.59. The maximum absolute atomic E-state index is 5.59. The molecule has 2 rings (SSSR count). The number of anilines is 1. The monoisotopic (exact) mass is 221 g/mol. The third-order valence-corrected chi connectivity index (χ3v) is 2.97. The first kappa shape index (κ1) is 9.97. The van der Waals surface area contributed by atoms with Gasteiger partial charge < -0.3 is 10.3 Å². The summed E-state index contributed by atoms with van der Waals surface area (Å²) < 4.78 is 1.91. The van der Waals surface area contributed by atoms with Crippen molar-refractivity contribution in [3.63, 3.8) is 0 Å². The average Bonchev–Trinajstić information content (AvgIpc) is 2.50. The molecule has 0 aliphatic carbocycles. The van der Waals surface area contributed by atoms with Crippen LogP contribution in [0.4, 0.5) is 5.82 Å². The van der Waals surface area contributed by atoms with Gasteiger partial charge in [0.05, 0.1) is 0 Å². The molecule has 6 heteroatoms. The van der Waals surface area contributed by atoms with Gasteiger partial charge in [-0.1, -0.05) is 6.07 Å². The van der Waals surface area contributed by atoms with Gasteiger partial charge in [-0.15, -0.1) is 10.2 Å². The van der Waals surface area contributed by atoms with E-state index in [2.05, 4.69) is 15.2 Å². The quantitative estimate of drug-likeness (QED) is 0.826. The van der Waals surface area contributed by atoms with Gasteiger partial charge in [0.2, 0.25) is 0 Å². The van der Waals surface area contributed by atoms with E-state index >= 15 is 0 Å². The average molecular weight is 221 g/mol. The van der Waals surface area contributed by atoms with Crippen LogP contribution in [-0.2, 0) is 7.05 Å². The lowest BCUT2D eigenvalue weighted by Gasteiger charge is -2.01. The van der Waals surface area contributed by atoms with Crippen LogP contribution in [0.3, 0.4) is 0 Å². The first-order chi connectivity index (χ1) is 7.16. The van der Waals surface area contributed by atoms with Crippen molar-refractivity contribution in [3.05, 3.63) is 24.0 Å². The number of aromatic nitrogens is 4. The summed E-state index contributed by atoms with van der Waals surface area (Å²) in [6.45, 7) is 1.91. The Morgan fingerprint density at radius 3 is 2.73 bits per heavy atom. The largest absolute Gasteiger partial charge is 0.384 e. The molecule has 0 unspecified atom stereocenters. The van der Waals surface area contributed by atoms with Gasteiger partial charge in [-0.05, 0) is 30.8 Å². The minimum absolute atomic E-state index is 0.513. The normalized spacial score (nSPS) is 10.5. The molecule has 15 heavy (non-hydrogen) atoms. The van der Waals surface area contributed by atoms with Crippen molar-refractivity contribution >= 4 is 17.6 Å². The predicted molar refractivity (Wildman–Crippen MR) is 58.5 cm³/mol. The molecule has 5 nitrogen and oxygen atoms in total. The fourth-order valence-electron chi connectivity index (χ4n) is 1.06. The molecule has 2 aromatic heterocycles. The molecule has 2 N–H and O–H groups in total. The summed E-state index contributed by atoms with van der Waals surface area (Å²) in [5.74, 6) is 1.39. The molecule has 0 saturated heterocycles. The molecule has 0 atom stereocenters. The second-order valence-corrected chi connectivity index (χ2v) is 4.08. The number of aryl methyl sites for hydroxylation is 1. The Hall–Kier alpha value is -1.56. The molecule has 2 heterocycles. The number of nitrogen functional groups attached to an aromatic ring is 1. The number of hydrogen-bond acceptors (Lipinski definition) is 5. The van der Waals surface area contributed by atoms with Gasteiger partial charge in [-0.25, -0.2) is 4.98 Å². The highest BCUT2D eigenvalue weighted by atomic mass is 32.2. The maximum atomic E-state index is 5.59. The number of nitrogens with zero attached hydrogens (tertiary/aromatic N) is 4. The predicted octanol–water partition coefficient (Wildman–Crippen LogP) is 1.25. The smallest absolute Gasteiger partial charge is 0.197 e. The molecule has 0 aromatic carbocycles. The molecule has 0 aliphatic heterocycles. The lowest BCUT2D eigenvalue weighted by molar-refractivity contribution is 0.764. The first-order valence-electron chi connectivity index (χ1n) is 4.43. The van der Waals surface area contributed by atoms with E-state index < -0.39 is 0 Å². The zero-order valence-corrected chi connectivity index (χ0v) is 9.32. The molecule has 0 radical (unpaired) electrons. The van der Waals surface area contributed by atoms with Gasteiger partial charge >= 0.3 is 0 Å². The topological polar surface area (TPSA) is 69.6 Å². The summed E-state index contributed by atoms with van der Waals surface area (Å²) in [5, 5.41) is 9.64. The van der Waals surface area contributed by atoms with E-state index in [9.17, 15) is 0 Å². The lowest BCUT2D eigenvalue weighted by Crippen LogP contribution is -1.95. The Morgan fingerprint density at radius 2 is 2.13 bits per heavy atom. The van der Waals surface area contributed by atoms with Crippen LogP contribution in [0.25, 0.3) is 0 Å². The van der Waals surface area contributed by atoms with E-state index in [0.717, 1.165) is 16.0 Å². The molecular weight excluding hydrogens is 210 g/mol. The number of rotatable bonds is 2. The van der Waals surface area contributed by atoms with Gasteiger partial charge in [0.15, 0.2) is 5.16 Å². The van der Waals surface area contributed by atoms with E-state index in [4.69, 9.17) is 5.73 Å². The Labute approximate surface area is 91.7 Å². The van der Waals surface area contributed by atoms with Crippen LogP contribution < -0.4 is 5.73 Å². The van der Waals surface area contributed by atoms with Crippen LogP contribution in [0, 0.1) is 6.92 Å². The van der Waals surface area contributed by atoms with Crippen molar-refractivity contribution in [2.75, 3.05) is 5.73 Å². The first-order valence-corrected chi connectivity index (χ1v) is 5.25. The third-order valence-electron chi connectivity index (χ3n) is 1.99. The van der Waals surface area contributed by atoms with Gasteiger partial charge in [0, 0.05) is 7.05 Å². The minimum atomic E-state index is 0.513. The Bertz CT molecular complexity index is 479. The van der Waals surface area contributed by atoms with Crippen molar-refractivity contribution in [2.45, 2.75) is 17.1 Å². The van der Waals surface area contributed by atoms with Crippen molar-refractivity contribution in [1.82, 2.24) is 19.7 Å². The van der Waals surface area contributed by atoms with E-state index in [-0.39, 0.29) is 0 Å². The number of pyridine rings is 1. The molecule has 78 valence electrons. The second-order valence-electron chi connectivity index (χ2n) is 3.09. The summed E-state index contributed by atoms with van der Waals surface area (Å²) in [5.41, 5.74) is 5.59. The van der Waals surface area contributed by atoms with Gasteiger partial charge in [-0.2, -0.15) is 0 Å². The number of nitrogens with two attached hydrogens (primary N) is 1. The molecule has 0 aliphatic rings. The van der Waals surface area contributed by atoms with Gasteiger partial charge in [0.1, 0.15) is 16.7 Å². The van der Waals surface area contributed by atoms with Gasteiger partial charge in [0.25, 0.3) is 0 Å². The van der Waals surface area contributed by atoms with Crippen LogP contribution >= 0.6 is 11.8 Å². The lowest BCUT2D eigenvalue weighted by atomic mass is 10.5.